The number of allylic oxidation sites excluding steroid dienone is 4. The first-order valence-corrected chi connectivity index (χ1v) is 10.2. The fourth-order valence-corrected chi connectivity index (χ4v) is 4.24. The highest BCUT2D eigenvalue weighted by molar-refractivity contribution is 6.14. The highest BCUT2D eigenvalue weighted by Gasteiger charge is 2.19. The van der Waals surface area contributed by atoms with Crippen LogP contribution < -0.4 is 0 Å². The van der Waals surface area contributed by atoms with Crippen molar-refractivity contribution in [3.63, 3.8) is 0 Å². The molecular formula is C28H17N3. The minimum atomic E-state index is 0.668. The van der Waals surface area contributed by atoms with Crippen LogP contribution in [0.3, 0.4) is 0 Å². The summed E-state index contributed by atoms with van der Waals surface area (Å²) in [5, 5.41) is 2.35. The summed E-state index contributed by atoms with van der Waals surface area (Å²) < 4.78 is 2.17. The maximum Gasteiger partial charge on any atom is 0.234 e. The second-order valence-electron chi connectivity index (χ2n) is 7.41. The number of rotatable bonds is 3. The Morgan fingerprint density at radius 1 is 0.710 bits per heavy atom. The topological polar surface area (TPSA) is 30.7 Å². The van der Waals surface area contributed by atoms with Crippen LogP contribution in [-0.2, 0) is 0 Å². The Labute approximate surface area is 179 Å². The molecule has 3 aromatic carbocycles. The van der Waals surface area contributed by atoms with Crippen LogP contribution in [0.2, 0.25) is 0 Å². The molecule has 6 rings (SSSR count). The lowest BCUT2D eigenvalue weighted by Gasteiger charge is -2.12. The van der Waals surface area contributed by atoms with Crippen molar-refractivity contribution in [2.75, 3.05) is 0 Å². The van der Waals surface area contributed by atoms with Gasteiger partial charge in [0, 0.05) is 28.7 Å². The molecule has 0 saturated carbocycles. The average Bonchev–Trinajstić information content (AvgIpc) is 3.19. The summed E-state index contributed by atoms with van der Waals surface area (Å²) >= 11 is 0. The van der Waals surface area contributed by atoms with Crippen LogP contribution in [-0.4, -0.2) is 14.5 Å². The fraction of sp³-hybridized carbons (Fsp3) is 0. The summed E-state index contributed by atoms with van der Waals surface area (Å²) in [4.78, 5) is 9.16. The molecule has 0 saturated heterocycles. The second kappa shape index (κ2) is 7.12. The number of benzene rings is 3. The van der Waals surface area contributed by atoms with Crippen molar-refractivity contribution in [1.82, 2.24) is 14.5 Å². The fourth-order valence-electron chi connectivity index (χ4n) is 4.24. The third-order valence-corrected chi connectivity index (χ3v) is 5.60. The molecular weight excluding hydrogens is 378 g/mol. The van der Waals surface area contributed by atoms with Gasteiger partial charge >= 0.3 is 0 Å². The Morgan fingerprint density at radius 3 is 2.32 bits per heavy atom. The van der Waals surface area contributed by atoms with Crippen molar-refractivity contribution < 1.29 is 0 Å². The van der Waals surface area contributed by atoms with E-state index < -0.39 is 0 Å². The van der Waals surface area contributed by atoms with Gasteiger partial charge in [-0.15, -0.1) is 0 Å². The molecule has 2 heterocycles. The van der Waals surface area contributed by atoms with Crippen molar-refractivity contribution in [3.8, 4) is 17.1 Å². The predicted octanol–water partition coefficient (Wildman–Crippen LogP) is 6.50. The molecule has 144 valence electrons. The summed E-state index contributed by atoms with van der Waals surface area (Å²) in [6.45, 7) is 0. The molecule has 0 radical (unpaired) electrons. The molecule has 0 aliphatic heterocycles. The normalized spacial score (nSPS) is 12.6. The van der Waals surface area contributed by atoms with E-state index in [-0.39, 0.29) is 0 Å². The molecule has 0 N–H and O–H groups in total. The number of nitrogens with zero attached hydrogens (tertiary/aromatic N) is 3. The SMILES string of the molecule is C1=C=CC(c2cc(-c3ccccc3)c3c(c2)c2ccccc2n3-c2ncccn2)=CC=1. The molecule has 0 fully saturated rings. The molecule has 0 amide bonds. The summed E-state index contributed by atoms with van der Waals surface area (Å²) in [5.74, 6) is 0.668. The number of hydrogen-bond acceptors (Lipinski definition) is 2. The maximum absolute atomic E-state index is 4.58. The van der Waals surface area contributed by atoms with E-state index in [4.69, 9.17) is 0 Å². The Balaban J connectivity index is 1.80. The van der Waals surface area contributed by atoms with Crippen LogP contribution in [0.25, 0.3) is 44.5 Å². The van der Waals surface area contributed by atoms with Crippen LogP contribution in [0.4, 0.5) is 0 Å². The lowest BCUT2D eigenvalue weighted by molar-refractivity contribution is 0.989. The van der Waals surface area contributed by atoms with E-state index in [1.807, 2.05) is 24.3 Å². The van der Waals surface area contributed by atoms with Crippen molar-refractivity contribution in [2.45, 2.75) is 0 Å². The van der Waals surface area contributed by atoms with Gasteiger partial charge in [-0.2, -0.15) is 0 Å². The van der Waals surface area contributed by atoms with Crippen molar-refractivity contribution in [1.29, 1.82) is 0 Å². The first kappa shape index (κ1) is 17.4. The van der Waals surface area contributed by atoms with E-state index in [1.54, 1.807) is 12.4 Å². The van der Waals surface area contributed by atoms with Gasteiger partial charge in [-0.05, 0) is 59.2 Å². The zero-order valence-electron chi connectivity index (χ0n) is 16.7. The van der Waals surface area contributed by atoms with Crippen molar-refractivity contribution in [2.24, 2.45) is 0 Å². The van der Waals surface area contributed by atoms with E-state index in [9.17, 15) is 0 Å². The molecule has 2 aromatic heterocycles. The van der Waals surface area contributed by atoms with Crippen LogP contribution in [0.1, 0.15) is 5.56 Å². The summed E-state index contributed by atoms with van der Waals surface area (Å²) in [6.07, 6.45) is 9.54. The average molecular weight is 395 g/mol. The van der Waals surface area contributed by atoms with E-state index in [1.165, 1.54) is 10.8 Å². The zero-order chi connectivity index (χ0) is 20.6. The Bertz CT molecular complexity index is 1580. The highest BCUT2D eigenvalue weighted by Crippen LogP contribution is 2.39. The molecule has 1 aliphatic rings. The third-order valence-electron chi connectivity index (χ3n) is 5.60. The number of fused-ring (bicyclic) bond motifs is 3. The molecule has 31 heavy (non-hydrogen) atoms. The van der Waals surface area contributed by atoms with Crippen LogP contribution >= 0.6 is 0 Å². The molecule has 5 aromatic rings. The predicted molar refractivity (Wildman–Crippen MR) is 126 cm³/mol. The van der Waals surface area contributed by atoms with Gasteiger partial charge in [0.15, 0.2) is 0 Å². The van der Waals surface area contributed by atoms with E-state index >= 15 is 0 Å². The Morgan fingerprint density at radius 2 is 1.52 bits per heavy atom. The van der Waals surface area contributed by atoms with Gasteiger partial charge in [-0.1, -0.05) is 60.0 Å². The first-order chi connectivity index (χ1) is 15.4. The van der Waals surface area contributed by atoms with Crippen LogP contribution in [0, 0.1) is 0 Å². The third kappa shape index (κ3) is 2.86. The van der Waals surface area contributed by atoms with Gasteiger partial charge in [0.2, 0.25) is 5.95 Å². The summed E-state index contributed by atoms with van der Waals surface area (Å²) in [5.41, 5.74) is 12.8. The van der Waals surface area contributed by atoms with Crippen LogP contribution in [0.5, 0.6) is 0 Å². The molecule has 1 aliphatic carbocycles. The largest absolute Gasteiger partial charge is 0.277 e. The van der Waals surface area contributed by atoms with Crippen molar-refractivity contribution >= 4 is 27.4 Å². The molecule has 0 unspecified atom stereocenters. The van der Waals surface area contributed by atoms with Gasteiger partial charge in [0.05, 0.1) is 11.0 Å². The highest BCUT2D eigenvalue weighted by atomic mass is 15.1. The second-order valence-corrected chi connectivity index (χ2v) is 7.41. The quantitative estimate of drug-likeness (QED) is 0.326. The molecule has 3 heteroatoms. The lowest BCUT2D eigenvalue weighted by atomic mass is 9.94. The van der Waals surface area contributed by atoms with Gasteiger partial charge in [0.1, 0.15) is 0 Å². The number of hydrogen-bond donors (Lipinski definition) is 0. The van der Waals surface area contributed by atoms with E-state index in [2.05, 4.69) is 92.7 Å². The van der Waals surface area contributed by atoms with Gasteiger partial charge in [0.25, 0.3) is 0 Å². The van der Waals surface area contributed by atoms with E-state index in [0.29, 0.717) is 5.95 Å². The van der Waals surface area contributed by atoms with Crippen LogP contribution in [0.15, 0.2) is 115 Å². The summed E-state index contributed by atoms with van der Waals surface area (Å²) in [6, 6.07) is 25.3. The molecule has 0 bridgehead atoms. The standard InChI is InChI=1S/C28H17N3/c1-3-10-20(11-4-1)22-18-24(21-12-5-2-6-13-21)27-25(19-22)23-14-7-8-15-26(23)31(27)28-29-16-9-17-30-28/h2-3,5-19H. The summed E-state index contributed by atoms with van der Waals surface area (Å²) in [7, 11) is 0. The van der Waals surface area contributed by atoms with E-state index in [0.717, 1.165) is 33.3 Å². The molecule has 3 nitrogen and oxygen atoms in total. The Hall–Kier alpha value is -4.42. The van der Waals surface area contributed by atoms with Gasteiger partial charge in [-0.3, -0.25) is 4.57 Å². The molecule has 0 spiro atoms. The number of para-hydroxylation sites is 1. The van der Waals surface area contributed by atoms with Gasteiger partial charge in [-0.25, -0.2) is 9.97 Å². The smallest absolute Gasteiger partial charge is 0.234 e. The zero-order valence-corrected chi connectivity index (χ0v) is 16.7. The lowest BCUT2D eigenvalue weighted by Crippen LogP contribution is -2.01. The molecule has 0 atom stereocenters. The Kier molecular flexibility index (Phi) is 4.01. The first-order valence-electron chi connectivity index (χ1n) is 10.2. The van der Waals surface area contributed by atoms with Gasteiger partial charge < -0.3 is 0 Å². The van der Waals surface area contributed by atoms with Crippen molar-refractivity contribution in [3.05, 3.63) is 120 Å². The monoisotopic (exact) mass is 395 g/mol. The number of aromatic nitrogens is 3. The maximum atomic E-state index is 4.58. The minimum Gasteiger partial charge on any atom is -0.277 e. The minimum absolute atomic E-state index is 0.668.